The van der Waals surface area contributed by atoms with E-state index >= 15 is 0 Å². The van der Waals surface area contributed by atoms with Gasteiger partial charge in [-0.15, -0.1) is 6.58 Å². The van der Waals surface area contributed by atoms with Gasteiger partial charge < -0.3 is 14.2 Å². The van der Waals surface area contributed by atoms with Crippen molar-refractivity contribution in [3.8, 4) is 17.6 Å². The Hall–Kier alpha value is -1.76. The molecule has 2 fully saturated rings. The lowest BCUT2D eigenvalue weighted by atomic mass is 9.77. The Balaban J connectivity index is 1.41. The Morgan fingerprint density at radius 1 is 1.11 bits per heavy atom. The number of ether oxygens (including phenoxy) is 3. The zero-order valence-electron chi connectivity index (χ0n) is 16.5. The topological polar surface area (TPSA) is 27.7 Å². The van der Waals surface area contributed by atoms with E-state index in [4.69, 9.17) is 14.2 Å². The van der Waals surface area contributed by atoms with Crippen LogP contribution in [-0.4, -0.2) is 32.0 Å². The number of hydrogen-bond donors (Lipinski definition) is 0. The van der Waals surface area contributed by atoms with Gasteiger partial charge in [0.25, 0.3) is 0 Å². The summed E-state index contributed by atoms with van der Waals surface area (Å²) in [6, 6.07) is 7.87. The average molecular weight is 369 g/mol. The summed E-state index contributed by atoms with van der Waals surface area (Å²) in [5.74, 6) is 8.77. The van der Waals surface area contributed by atoms with E-state index in [0.29, 0.717) is 25.7 Å². The molecule has 0 radical (unpaired) electrons. The quantitative estimate of drug-likeness (QED) is 0.523. The summed E-state index contributed by atoms with van der Waals surface area (Å²) in [6.07, 6.45) is 9.76. The smallest absolute Gasteiger partial charge is 0.141 e. The Bertz CT molecular complexity index is 624. The van der Waals surface area contributed by atoms with Crippen LogP contribution in [0.1, 0.15) is 51.0 Å². The van der Waals surface area contributed by atoms with E-state index in [1.807, 2.05) is 37.3 Å². The van der Waals surface area contributed by atoms with Crippen molar-refractivity contribution in [2.24, 2.45) is 11.8 Å². The molecule has 0 spiro atoms. The zero-order valence-corrected chi connectivity index (χ0v) is 16.5. The van der Waals surface area contributed by atoms with Crippen molar-refractivity contribution >= 4 is 0 Å². The first kappa shape index (κ1) is 20.0. The molecule has 1 aliphatic carbocycles. The SMILES string of the molecule is C=CCC[C@H]1CC[C@H]([C@@H]2CO[C@@H](C#Cc3ccc(OCC)cc3)CO2)CC1. The lowest BCUT2D eigenvalue weighted by Gasteiger charge is -2.36. The zero-order chi connectivity index (χ0) is 18.9. The van der Waals surface area contributed by atoms with Crippen molar-refractivity contribution in [1.82, 2.24) is 0 Å². The second-order valence-corrected chi connectivity index (χ2v) is 7.57. The van der Waals surface area contributed by atoms with Crippen LogP contribution >= 0.6 is 0 Å². The van der Waals surface area contributed by atoms with Gasteiger partial charge in [-0.3, -0.25) is 0 Å². The highest BCUT2D eigenvalue weighted by Crippen LogP contribution is 2.35. The number of rotatable bonds is 6. The third-order valence-electron chi connectivity index (χ3n) is 5.66. The van der Waals surface area contributed by atoms with E-state index in [0.717, 1.165) is 23.7 Å². The molecule has 0 aromatic heterocycles. The fraction of sp³-hybridized carbons (Fsp3) is 0.583. The highest BCUT2D eigenvalue weighted by molar-refractivity contribution is 5.38. The summed E-state index contributed by atoms with van der Waals surface area (Å²) in [7, 11) is 0. The minimum atomic E-state index is -0.128. The van der Waals surface area contributed by atoms with Gasteiger partial charge in [0.15, 0.2) is 0 Å². The van der Waals surface area contributed by atoms with Crippen LogP contribution < -0.4 is 4.74 Å². The molecule has 0 N–H and O–H groups in total. The molecule has 1 aromatic rings. The Morgan fingerprint density at radius 3 is 2.52 bits per heavy atom. The molecule has 27 heavy (non-hydrogen) atoms. The molecule has 0 unspecified atom stereocenters. The van der Waals surface area contributed by atoms with E-state index in [1.165, 1.54) is 32.1 Å². The summed E-state index contributed by atoms with van der Waals surface area (Å²) in [5.41, 5.74) is 0.974. The normalized spacial score (nSPS) is 28.0. The number of hydrogen-bond acceptors (Lipinski definition) is 3. The van der Waals surface area contributed by atoms with Crippen LogP contribution in [0.25, 0.3) is 0 Å². The lowest BCUT2D eigenvalue weighted by Crippen LogP contribution is -2.40. The molecule has 3 nitrogen and oxygen atoms in total. The third-order valence-corrected chi connectivity index (χ3v) is 5.66. The molecule has 0 amide bonds. The van der Waals surface area contributed by atoms with E-state index in [1.54, 1.807) is 0 Å². The molecule has 0 bridgehead atoms. The highest BCUT2D eigenvalue weighted by Gasteiger charge is 2.31. The molecule has 1 aliphatic heterocycles. The summed E-state index contributed by atoms with van der Waals surface area (Å²) in [6.45, 7) is 7.74. The van der Waals surface area contributed by atoms with Gasteiger partial charge in [-0.1, -0.05) is 30.8 Å². The summed E-state index contributed by atoms with van der Waals surface area (Å²) < 4.78 is 17.6. The monoisotopic (exact) mass is 368 g/mol. The van der Waals surface area contributed by atoms with E-state index < -0.39 is 0 Å². The fourth-order valence-electron chi connectivity index (χ4n) is 4.04. The van der Waals surface area contributed by atoms with Gasteiger partial charge in [-0.25, -0.2) is 0 Å². The first-order valence-corrected chi connectivity index (χ1v) is 10.4. The largest absolute Gasteiger partial charge is 0.494 e. The third kappa shape index (κ3) is 6.13. The standard InChI is InChI=1S/C24H32O3/c1-3-5-6-19-7-12-21(13-8-19)24-18-26-23(17-27-24)16-11-20-9-14-22(15-10-20)25-4-2/h3,9-10,14-15,19,21,23-24H,1,4-8,12-13,17-18H2,2H3/t19-,21-,23-,24-/m0/s1. The maximum absolute atomic E-state index is 6.12. The van der Waals surface area contributed by atoms with Crippen LogP contribution in [0, 0.1) is 23.7 Å². The van der Waals surface area contributed by atoms with Crippen LogP contribution in [0.2, 0.25) is 0 Å². The Morgan fingerprint density at radius 2 is 1.89 bits per heavy atom. The molecule has 2 atom stereocenters. The molecule has 2 aliphatic rings. The Kier molecular flexibility index (Phi) is 7.80. The maximum Gasteiger partial charge on any atom is 0.141 e. The van der Waals surface area contributed by atoms with Crippen molar-refractivity contribution in [1.29, 1.82) is 0 Å². The summed E-state index contributed by atoms with van der Waals surface area (Å²) in [5, 5.41) is 0. The maximum atomic E-state index is 6.12. The Labute approximate surface area is 164 Å². The van der Waals surface area contributed by atoms with Crippen molar-refractivity contribution in [2.45, 2.75) is 57.7 Å². The molecular formula is C24H32O3. The minimum Gasteiger partial charge on any atom is -0.494 e. The second-order valence-electron chi connectivity index (χ2n) is 7.57. The molecule has 1 aromatic carbocycles. The van der Waals surface area contributed by atoms with Gasteiger partial charge >= 0.3 is 0 Å². The van der Waals surface area contributed by atoms with Gasteiger partial charge in [0, 0.05) is 5.56 Å². The molecular weight excluding hydrogens is 336 g/mol. The number of benzene rings is 1. The number of allylic oxidation sites excluding steroid dienone is 1. The molecule has 1 saturated carbocycles. The summed E-state index contributed by atoms with van der Waals surface area (Å²) >= 11 is 0. The van der Waals surface area contributed by atoms with E-state index in [9.17, 15) is 0 Å². The predicted molar refractivity (Wildman–Crippen MR) is 109 cm³/mol. The first-order valence-electron chi connectivity index (χ1n) is 10.4. The van der Waals surface area contributed by atoms with Crippen molar-refractivity contribution in [3.05, 3.63) is 42.5 Å². The highest BCUT2D eigenvalue weighted by atomic mass is 16.6. The van der Waals surface area contributed by atoms with E-state index in [-0.39, 0.29) is 12.2 Å². The van der Waals surface area contributed by atoms with Crippen LogP contribution in [0.4, 0.5) is 0 Å². The van der Waals surface area contributed by atoms with Gasteiger partial charge in [0.1, 0.15) is 11.9 Å². The van der Waals surface area contributed by atoms with Crippen LogP contribution in [0.5, 0.6) is 5.75 Å². The molecule has 1 saturated heterocycles. The van der Waals surface area contributed by atoms with Crippen molar-refractivity contribution < 1.29 is 14.2 Å². The predicted octanol–water partition coefficient (Wildman–Crippen LogP) is 4.99. The minimum absolute atomic E-state index is 0.128. The van der Waals surface area contributed by atoms with Gasteiger partial charge in [-0.2, -0.15) is 0 Å². The van der Waals surface area contributed by atoms with E-state index in [2.05, 4.69) is 18.4 Å². The molecule has 3 heteroatoms. The molecule has 1 heterocycles. The van der Waals surface area contributed by atoms with Gasteiger partial charge in [0.2, 0.25) is 0 Å². The van der Waals surface area contributed by atoms with Crippen LogP contribution in [-0.2, 0) is 9.47 Å². The van der Waals surface area contributed by atoms with Crippen molar-refractivity contribution in [2.75, 3.05) is 19.8 Å². The summed E-state index contributed by atoms with van der Waals surface area (Å²) in [4.78, 5) is 0. The molecule has 3 rings (SSSR count). The fourth-order valence-corrected chi connectivity index (χ4v) is 4.04. The lowest BCUT2D eigenvalue weighted by molar-refractivity contribution is -0.138. The van der Waals surface area contributed by atoms with Crippen LogP contribution in [0.15, 0.2) is 36.9 Å². The second kappa shape index (κ2) is 10.5. The average Bonchev–Trinajstić information content (AvgIpc) is 2.73. The molecule has 146 valence electrons. The first-order chi connectivity index (χ1) is 13.3. The van der Waals surface area contributed by atoms with Crippen LogP contribution in [0.3, 0.4) is 0 Å². The van der Waals surface area contributed by atoms with Crippen molar-refractivity contribution in [3.63, 3.8) is 0 Å². The van der Waals surface area contributed by atoms with Gasteiger partial charge in [0.05, 0.1) is 25.9 Å². The van der Waals surface area contributed by atoms with Gasteiger partial charge in [-0.05, 0) is 68.7 Å².